The average molecular weight is 355 g/mol. The fourth-order valence-electron chi connectivity index (χ4n) is 2.32. The van der Waals surface area contributed by atoms with Gasteiger partial charge >= 0.3 is 0 Å². The number of imide groups is 1. The van der Waals surface area contributed by atoms with Crippen molar-refractivity contribution < 1.29 is 9.59 Å². The monoisotopic (exact) mass is 355 g/mol. The van der Waals surface area contributed by atoms with Crippen molar-refractivity contribution in [3.8, 4) is 0 Å². The first kappa shape index (κ1) is 11.8. The first-order valence-corrected chi connectivity index (χ1v) is 6.72. The van der Waals surface area contributed by atoms with Crippen molar-refractivity contribution in [1.29, 1.82) is 0 Å². The average Bonchev–Trinajstić information content (AvgIpc) is 2.89. The van der Waals surface area contributed by atoms with Gasteiger partial charge in [0.2, 0.25) is 5.91 Å². The van der Waals surface area contributed by atoms with E-state index >= 15 is 0 Å². The van der Waals surface area contributed by atoms with Crippen LogP contribution in [0.15, 0.2) is 34.5 Å². The zero-order valence-electron chi connectivity index (χ0n) is 9.47. The standard InChI is InChI=1S/C12H10IN3O2/c13-8-1-3-9(4-2-8)16-10(17)7-12(11(16)18)5-6-14-15-12/h1-4H,5-7H2/t12-/m1/s1. The third-order valence-electron chi connectivity index (χ3n) is 3.27. The molecule has 1 spiro atoms. The maximum Gasteiger partial charge on any atom is 0.264 e. The lowest BCUT2D eigenvalue weighted by Crippen LogP contribution is -2.38. The SMILES string of the molecule is O=C1C[C@]2(CCN=N2)C(=O)N1c1ccc(I)cc1. The van der Waals surface area contributed by atoms with E-state index in [2.05, 4.69) is 32.8 Å². The van der Waals surface area contributed by atoms with Gasteiger partial charge in [0.05, 0.1) is 18.7 Å². The molecule has 2 heterocycles. The number of carbonyl (C=O) groups excluding carboxylic acids is 2. The second-order valence-electron chi connectivity index (χ2n) is 4.43. The minimum atomic E-state index is -0.917. The molecular weight excluding hydrogens is 345 g/mol. The normalized spacial score (nSPS) is 26.6. The minimum absolute atomic E-state index is 0.140. The number of rotatable bonds is 1. The molecule has 2 amide bonds. The van der Waals surface area contributed by atoms with Gasteiger partial charge in [-0.3, -0.25) is 9.59 Å². The van der Waals surface area contributed by atoms with Crippen molar-refractivity contribution in [3.63, 3.8) is 0 Å². The smallest absolute Gasteiger partial charge is 0.264 e. The lowest BCUT2D eigenvalue weighted by Gasteiger charge is -2.17. The van der Waals surface area contributed by atoms with E-state index in [0.717, 1.165) is 3.57 Å². The second-order valence-corrected chi connectivity index (χ2v) is 5.68. The highest BCUT2D eigenvalue weighted by Gasteiger charge is 2.54. The van der Waals surface area contributed by atoms with Crippen LogP contribution in [0.1, 0.15) is 12.8 Å². The van der Waals surface area contributed by atoms with Crippen molar-refractivity contribution in [3.05, 3.63) is 27.8 Å². The zero-order chi connectivity index (χ0) is 12.8. The Hall–Kier alpha value is -1.31. The van der Waals surface area contributed by atoms with Crippen LogP contribution in [0.5, 0.6) is 0 Å². The molecule has 0 bridgehead atoms. The highest BCUT2D eigenvalue weighted by atomic mass is 127. The predicted molar refractivity (Wildman–Crippen MR) is 73.3 cm³/mol. The van der Waals surface area contributed by atoms with Crippen molar-refractivity contribution in [2.75, 3.05) is 11.4 Å². The Morgan fingerprint density at radius 2 is 1.94 bits per heavy atom. The Morgan fingerprint density at radius 1 is 1.22 bits per heavy atom. The van der Waals surface area contributed by atoms with Gasteiger partial charge in [0.15, 0.2) is 5.54 Å². The number of azo groups is 1. The van der Waals surface area contributed by atoms with Crippen molar-refractivity contribution in [1.82, 2.24) is 0 Å². The largest absolute Gasteiger partial charge is 0.274 e. The lowest BCUT2D eigenvalue weighted by atomic mass is 9.96. The van der Waals surface area contributed by atoms with Gasteiger partial charge in [-0.1, -0.05) is 0 Å². The Balaban J connectivity index is 1.98. The number of benzene rings is 1. The Labute approximate surface area is 117 Å². The number of hydrogen-bond acceptors (Lipinski definition) is 4. The second kappa shape index (κ2) is 4.11. The summed E-state index contributed by atoms with van der Waals surface area (Å²) in [4.78, 5) is 25.6. The number of nitrogens with zero attached hydrogens (tertiary/aromatic N) is 3. The van der Waals surface area contributed by atoms with Crippen LogP contribution in [0.3, 0.4) is 0 Å². The molecule has 1 fully saturated rings. The first-order chi connectivity index (χ1) is 8.62. The molecule has 0 saturated carbocycles. The molecule has 0 unspecified atom stereocenters. The molecule has 0 N–H and O–H groups in total. The summed E-state index contributed by atoms with van der Waals surface area (Å²) in [6, 6.07) is 7.31. The van der Waals surface area contributed by atoms with Gasteiger partial charge in [0, 0.05) is 9.99 Å². The third kappa shape index (κ3) is 1.66. The van der Waals surface area contributed by atoms with Crippen LogP contribution < -0.4 is 4.90 Å². The molecule has 3 rings (SSSR count). The highest BCUT2D eigenvalue weighted by molar-refractivity contribution is 14.1. The summed E-state index contributed by atoms with van der Waals surface area (Å²) in [7, 11) is 0. The van der Waals surface area contributed by atoms with Crippen molar-refractivity contribution in [2.45, 2.75) is 18.4 Å². The maximum atomic E-state index is 12.4. The van der Waals surface area contributed by atoms with Crippen LogP contribution in [0, 0.1) is 3.57 Å². The van der Waals surface area contributed by atoms with E-state index in [1.165, 1.54) is 4.90 Å². The number of carbonyl (C=O) groups is 2. The summed E-state index contributed by atoms with van der Waals surface area (Å²) in [6.45, 7) is 0.527. The topological polar surface area (TPSA) is 62.1 Å². The Kier molecular flexibility index (Phi) is 2.69. The Morgan fingerprint density at radius 3 is 2.56 bits per heavy atom. The molecule has 92 valence electrons. The molecule has 0 radical (unpaired) electrons. The van der Waals surface area contributed by atoms with E-state index in [-0.39, 0.29) is 18.2 Å². The van der Waals surface area contributed by atoms with E-state index in [1.807, 2.05) is 12.1 Å². The molecule has 1 aromatic carbocycles. The quantitative estimate of drug-likeness (QED) is 0.573. The first-order valence-electron chi connectivity index (χ1n) is 5.64. The van der Waals surface area contributed by atoms with Crippen molar-refractivity contribution >= 4 is 40.1 Å². The number of halogens is 1. The zero-order valence-corrected chi connectivity index (χ0v) is 11.6. The predicted octanol–water partition coefficient (Wildman–Crippen LogP) is 2.15. The highest BCUT2D eigenvalue weighted by Crippen LogP contribution is 2.37. The molecule has 2 aliphatic rings. The fourth-order valence-corrected chi connectivity index (χ4v) is 2.68. The van der Waals surface area contributed by atoms with Gasteiger partial charge in [0.1, 0.15) is 0 Å². The van der Waals surface area contributed by atoms with Crippen LogP contribution in [0.25, 0.3) is 0 Å². The van der Waals surface area contributed by atoms with E-state index in [4.69, 9.17) is 0 Å². The van der Waals surface area contributed by atoms with Crippen LogP contribution in [0.2, 0.25) is 0 Å². The van der Waals surface area contributed by atoms with E-state index in [9.17, 15) is 9.59 Å². The molecule has 0 aliphatic carbocycles. The fraction of sp³-hybridized carbons (Fsp3) is 0.333. The van der Waals surface area contributed by atoms with Crippen LogP contribution in [-0.2, 0) is 9.59 Å². The summed E-state index contributed by atoms with van der Waals surface area (Å²) in [5.74, 6) is -0.433. The molecule has 1 saturated heterocycles. The molecule has 5 nitrogen and oxygen atoms in total. The van der Waals surface area contributed by atoms with Gasteiger partial charge in [-0.05, 0) is 46.9 Å². The van der Waals surface area contributed by atoms with Crippen molar-refractivity contribution in [2.24, 2.45) is 10.2 Å². The van der Waals surface area contributed by atoms with E-state index < -0.39 is 5.54 Å². The van der Waals surface area contributed by atoms with Gasteiger partial charge in [-0.15, -0.1) is 0 Å². The summed E-state index contributed by atoms with van der Waals surface area (Å²) in [5.41, 5.74) is -0.301. The van der Waals surface area contributed by atoms with E-state index in [0.29, 0.717) is 18.7 Å². The number of hydrogen-bond donors (Lipinski definition) is 0. The summed E-state index contributed by atoms with van der Waals surface area (Å²) in [5, 5.41) is 7.87. The number of amides is 2. The molecule has 18 heavy (non-hydrogen) atoms. The van der Waals surface area contributed by atoms with Crippen LogP contribution in [-0.4, -0.2) is 23.9 Å². The van der Waals surface area contributed by atoms with Crippen LogP contribution >= 0.6 is 22.6 Å². The summed E-state index contributed by atoms with van der Waals surface area (Å²) in [6.07, 6.45) is 0.680. The van der Waals surface area contributed by atoms with Gasteiger partial charge < -0.3 is 0 Å². The summed E-state index contributed by atoms with van der Waals surface area (Å²) >= 11 is 2.18. The summed E-state index contributed by atoms with van der Waals surface area (Å²) < 4.78 is 1.06. The molecule has 1 atom stereocenters. The van der Waals surface area contributed by atoms with Crippen LogP contribution in [0.4, 0.5) is 5.69 Å². The van der Waals surface area contributed by atoms with Gasteiger partial charge in [0.25, 0.3) is 5.91 Å². The molecular formula is C12H10IN3O2. The number of anilines is 1. The minimum Gasteiger partial charge on any atom is -0.274 e. The van der Waals surface area contributed by atoms with Gasteiger partial charge in [-0.2, -0.15) is 10.2 Å². The van der Waals surface area contributed by atoms with E-state index in [1.54, 1.807) is 12.1 Å². The molecule has 6 heteroatoms. The van der Waals surface area contributed by atoms with Gasteiger partial charge in [-0.25, -0.2) is 4.90 Å². The molecule has 0 aromatic heterocycles. The lowest BCUT2D eigenvalue weighted by molar-refractivity contribution is -0.122. The molecule has 1 aromatic rings. The molecule has 2 aliphatic heterocycles. The maximum absolute atomic E-state index is 12.4. The third-order valence-corrected chi connectivity index (χ3v) is 3.99. The Bertz CT molecular complexity index is 555.